The molecule has 1 unspecified atom stereocenters. The van der Waals surface area contributed by atoms with Gasteiger partial charge in [0.1, 0.15) is 5.25 Å². The van der Waals surface area contributed by atoms with Gasteiger partial charge in [-0.2, -0.15) is 0 Å². The second-order valence-electron chi connectivity index (χ2n) is 5.56. The minimum Gasteiger partial charge on any atom is -0.339 e. The van der Waals surface area contributed by atoms with Crippen LogP contribution in [-0.2, 0) is 4.79 Å². The van der Waals surface area contributed by atoms with Crippen molar-refractivity contribution in [2.45, 2.75) is 10.1 Å². The highest BCUT2D eigenvalue weighted by atomic mass is 32.2. The van der Waals surface area contributed by atoms with Crippen LogP contribution in [0.2, 0.25) is 0 Å². The Morgan fingerprint density at radius 2 is 1.75 bits per heavy atom. The molecule has 6 heteroatoms. The second-order valence-corrected chi connectivity index (χ2v) is 6.74. The van der Waals surface area contributed by atoms with Crippen molar-refractivity contribution in [2.24, 2.45) is 0 Å². The van der Waals surface area contributed by atoms with Gasteiger partial charge >= 0.3 is 0 Å². The summed E-state index contributed by atoms with van der Waals surface area (Å²) in [5, 5.41) is 2.74. The Hall–Kier alpha value is -1.92. The van der Waals surface area contributed by atoms with E-state index in [1.165, 1.54) is 17.8 Å². The Morgan fingerprint density at radius 1 is 1.04 bits per heavy atom. The Kier molecular flexibility index (Phi) is 5.48. The zero-order valence-corrected chi connectivity index (χ0v) is 13.9. The number of nitrogens with zero attached hydrogens (tertiary/aromatic N) is 1. The molecule has 0 bridgehead atoms. The number of piperazine rings is 1. The number of thioether (sulfide) groups is 1. The van der Waals surface area contributed by atoms with E-state index in [1.807, 2.05) is 35.2 Å². The lowest BCUT2D eigenvalue weighted by Crippen LogP contribution is -2.47. The van der Waals surface area contributed by atoms with E-state index in [0.29, 0.717) is 18.0 Å². The number of nitrogens with one attached hydrogen (secondary N) is 1. The van der Waals surface area contributed by atoms with Crippen LogP contribution in [-0.4, -0.2) is 37.0 Å². The monoisotopic (exact) mass is 348 g/mol. The lowest BCUT2D eigenvalue weighted by atomic mass is 10.1. The van der Waals surface area contributed by atoms with Crippen molar-refractivity contribution >= 4 is 17.7 Å². The third-order valence-electron chi connectivity index (χ3n) is 3.90. The molecule has 0 saturated carbocycles. The zero-order chi connectivity index (χ0) is 16.9. The van der Waals surface area contributed by atoms with Gasteiger partial charge < -0.3 is 10.2 Å². The van der Waals surface area contributed by atoms with Crippen LogP contribution < -0.4 is 5.32 Å². The molecule has 0 aromatic heterocycles. The number of carbonyl (C=O) groups excluding carboxylic acids is 1. The van der Waals surface area contributed by atoms with Gasteiger partial charge in [-0.05, 0) is 23.8 Å². The first-order valence-electron chi connectivity index (χ1n) is 7.81. The molecule has 0 aliphatic carbocycles. The van der Waals surface area contributed by atoms with Gasteiger partial charge in [0.2, 0.25) is 5.91 Å². The fraction of sp³-hybridized carbons (Fsp3) is 0.278. The van der Waals surface area contributed by atoms with Crippen molar-refractivity contribution in [2.75, 3.05) is 26.2 Å². The second kappa shape index (κ2) is 7.77. The highest BCUT2D eigenvalue weighted by Crippen LogP contribution is 2.37. The summed E-state index contributed by atoms with van der Waals surface area (Å²) in [5.41, 5.74) is 0.857. The van der Waals surface area contributed by atoms with Crippen LogP contribution in [0.4, 0.5) is 8.78 Å². The summed E-state index contributed by atoms with van der Waals surface area (Å²) in [5.74, 6) is -1.79. The lowest BCUT2D eigenvalue weighted by molar-refractivity contribution is -0.131. The van der Waals surface area contributed by atoms with Gasteiger partial charge in [-0.3, -0.25) is 4.79 Å². The van der Waals surface area contributed by atoms with Crippen LogP contribution in [0.25, 0.3) is 0 Å². The van der Waals surface area contributed by atoms with Crippen LogP contribution in [0, 0.1) is 11.6 Å². The predicted molar refractivity (Wildman–Crippen MR) is 90.8 cm³/mol. The Labute approximate surface area is 144 Å². The minimum absolute atomic E-state index is 0.00238. The Morgan fingerprint density at radius 3 is 2.42 bits per heavy atom. The molecule has 2 aromatic carbocycles. The number of halogens is 2. The summed E-state index contributed by atoms with van der Waals surface area (Å²) < 4.78 is 26.6. The van der Waals surface area contributed by atoms with Crippen LogP contribution in [0.3, 0.4) is 0 Å². The molecule has 1 amide bonds. The van der Waals surface area contributed by atoms with Gasteiger partial charge in [0.25, 0.3) is 0 Å². The molecule has 1 aliphatic heterocycles. The zero-order valence-electron chi connectivity index (χ0n) is 13.0. The number of benzene rings is 2. The van der Waals surface area contributed by atoms with Crippen LogP contribution in [0.15, 0.2) is 53.4 Å². The van der Waals surface area contributed by atoms with Gasteiger partial charge in [0.15, 0.2) is 11.6 Å². The van der Waals surface area contributed by atoms with Crippen molar-refractivity contribution in [3.05, 3.63) is 65.7 Å². The quantitative estimate of drug-likeness (QED) is 0.861. The average molecular weight is 348 g/mol. The van der Waals surface area contributed by atoms with E-state index in [4.69, 9.17) is 0 Å². The summed E-state index contributed by atoms with van der Waals surface area (Å²) >= 11 is 1.25. The SMILES string of the molecule is O=C(C(Sc1ccc(F)c(F)c1)c1ccccc1)N1CCNCC1. The van der Waals surface area contributed by atoms with E-state index < -0.39 is 16.9 Å². The van der Waals surface area contributed by atoms with E-state index >= 15 is 0 Å². The molecule has 3 rings (SSSR count). The Balaban J connectivity index is 1.87. The number of hydrogen-bond acceptors (Lipinski definition) is 3. The van der Waals surface area contributed by atoms with E-state index in [2.05, 4.69) is 5.32 Å². The molecule has 1 aliphatic rings. The van der Waals surface area contributed by atoms with E-state index in [0.717, 1.165) is 30.8 Å². The first kappa shape index (κ1) is 16.9. The molecule has 0 spiro atoms. The third kappa shape index (κ3) is 3.94. The summed E-state index contributed by atoms with van der Waals surface area (Å²) in [6, 6.07) is 13.1. The van der Waals surface area contributed by atoms with E-state index in [9.17, 15) is 13.6 Å². The highest BCUT2D eigenvalue weighted by Gasteiger charge is 2.28. The number of carbonyl (C=O) groups is 1. The molecule has 126 valence electrons. The maximum atomic E-state index is 13.5. The van der Waals surface area contributed by atoms with Gasteiger partial charge in [0, 0.05) is 31.1 Å². The van der Waals surface area contributed by atoms with Gasteiger partial charge in [-0.25, -0.2) is 8.78 Å². The van der Waals surface area contributed by atoms with Gasteiger partial charge in [-0.1, -0.05) is 30.3 Å². The van der Waals surface area contributed by atoms with Crippen molar-refractivity contribution in [3.63, 3.8) is 0 Å². The molecule has 1 saturated heterocycles. The molecule has 1 heterocycles. The number of hydrogen-bond donors (Lipinski definition) is 1. The van der Waals surface area contributed by atoms with Crippen LogP contribution in [0.1, 0.15) is 10.8 Å². The highest BCUT2D eigenvalue weighted by molar-refractivity contribution is 8.00. The predicted octanol–water partition coefficient (Wildman–Crippen LogP) is 3.23. The van der Waals surface area contributed by atoms with E-state index in [-0.39, 0.29) is 5.91 Å². The maximum Gasteiger partial charge on any atom is 0.240 e. The van der Waals surface area contributed by atoms with Crippen molar-refractivity contribution in [1.29, 1.82) is 0 Å². The molecule has 0 radical (unpaired) electrons. The van der Waals surface area contributed by atoms with E-state index in [1.54, 1.807) is 0 Å². The first-order valence-corrected chi connectivity index (χ1v) is 8.69. The number of rotatable bonds is 4. The van der Waals surface area contributed by atoms with Crippen LogP contribution in [0.5, 0.6) is 0 Å². The molecule has 1 fully saturated rings. The fourth-order valence-corrected chi connectivity index (χ4v) is 3.76. The molecule has 1 N–H and O–H groups in total. The summed E-state index contributed by atoms with van der Waals surface area (Å²) in [6.07, 6.45) is 0. The lowest BCUT2D eigenvalue weighted by Gasteiger charge is -2.31. The van der Waals surface area contributed by atoms with Gasteiger partial charge in [0.05, 0.1) is 0 Å². The van der Waals surface area contributed by atoms with Crippen molar-refractivity contribution < 1.29 is 13.6 Å². The smallest absolute Gasteiger partial charge is 0.240 e. The summed E-state index contributed by atoms with van der Waals surface area (Å²) in [7, 11) is 0. The largest absolute Gasteiger partial charge is 0.339 e. The van der Waals surface area contributed by atoms with Crippen LogP contribution >= 0.6 is 11.8 Å². The molecule has 24 heavy (non-hydrogen) atoms. The van der Waals surface area contributed by atoms with Crippen molar-refractivity contribution in [3.8, 4) is 0 Å². The fourth-order valence-electron chi connectivity index (χ4n) is 2.63. The minimum atomic E-state index is -0.901. The van der Waals surface area contributed by atoms with Crippen molar-refractivity contribution in [1.82, 2.24) is 10.2 Å². The summed E-state index contributed by atoms with van der Waals surface area (Å²) in [4.78, 5) is 15.3. The third-order valence-corrected chi connectivity index (χ3v) is 5.14. The molecule has 3 nitrogen and oxygen atoms in total. The average Bonchev–Trinajstić information content (AvgIpc) is 2.63. The standard InChI is InChI=1S/C18H18F2N2OS/c19-15-7-6-14(12-16(15)20)24-17(13-4-2-1-3-5-13)18(23)22-10-8-21-9-11-22/h1-7,12,17,21H,8-11H2. The summed E-state index contributed by atoms with van der Waals surface area (Å²) in [6.45, 7) is 2.84. The number of amides is 1. The molecular weight excluding hydrogens is 330 g/mol. The topological polar surface area (TPSA) is 32.3 Å². The molecular formula is C18H18F2N2OS. The van der Waals surface area contributed by atoms with Gasteiger partial charge in [-0.15, -0.1) is 11.8 Å². The normalized spacial score (nSPS) is 16.0. The first-order chi connectivity index (χ1) is 11.6. The molecule has 2 aromatic rings. The molecule has 1 atom stereocenters. The Bertz CT molecular complexity index is 705. The maximum absolute atomic E-state index is 13.5.